The Balaban J connectivity index is 2.38. The first kappa shape index (κ1) is 21.2. The molecule has 0 bridgehead atoms. The molecule has 1 atom stereocenters. The quantitative estimate of drug-likeness (QED) is 0.350. The van der Waals surface area contributed by atoms with E-state index in [1.165, 1.54) is 0 Å². The highest BCUT2D eigenvalue weighted by molar-refractivity contribution is 9.10. The molecule has 1 aromatic carbocycles. The number of hydrogen-bond acceptors (Lipinski definition) is 4. The van der Waals surface area contributed by atoms with Gasteiger partial charge >= 0.3 is 5.97 Å². The summed E-state index contributed by atoms with van der Waals surface area (Å²) in [7, 11) is 0. The maximum Gasteiger partial charge on any atom is 0.338 e. The number of carbonyl (C=O) groups excluding carboxylic acids is 3. The molecule has 0 fully saturated rings. The number of ether oxygens (including phenoxy) is 1. The first-order chi connectivity index (χ1) is 12.0. The van der Waals surface area contributed by atoms with Crippen LogP contribution in [-0.4, -0.2) is 35.8 Å². The molecule has 1 unspecified atom stereocenters. The van der Waals surface area contributed by atoms with Crippen LogP contribution in [0.2, 0.25) is 0 Å². The largest absolute Gasteiger partial charge is 0.462 e. The van der Waals surface area contributed by atoms with Gasteiger partial charge in [-0.15, -0.1) is 0 Å². The summed E-state index contributed by atoms with van der Waals surface area (Å²) in [5, 5.41) is 5.41. The molecule has 0 aliphatic rings. The van der Waals surface area contributed by atoms with E-state index < -0.39 is 0 Å². The number of carbonyl (C=O) groups is 3. The van der Waals surface area contributed by atoms with E-state index in [9.17, 15) is 14.4 Å². The molecule has 1 aromatic rings. The van der Waals surface area contributed by atoms with Gasteiger partial charge in [0.2, 0.25) is 11.8 Å². The molecular weight excluding hydrogens is 388 g/mol. The van der Waals surface area contributed by atoms with E-state index in [2.05, 4.69) is 26.6 Å². The first-order valence-corrected chi connectivity index (χ1v) is 9.38. The Morgan fingerprint density at radius 2 is 1.84 bits per heavy atom. The van der Waals surface area contributed by atoms with Crippen LogP contribution >= 0.6 is 15.9 Å². The maximum absolute atomic E-state index is 11.9. The van der Waals surface area contributed by atoms with Gasteiger partial charge in [0, 0.05) is 18.7 Å². The van der Waals surface area contributed by atoms with Crippen molar-refractivity contribution in [3.63, 3.8) is 0 Å². The van der Waals surface area contributed by atoms with Gasteiger partial charge in [-0.1, -0.05) is 36.2 Å². The maximum atomic E-state index is 11.9. The zero-order chi connectivity index (χ0) is 18.7. The van der Waals surface area contributed by atoms with Crippen LogP contribution in [0.5, 0.6) is 0 Å². The van der Waals surface area contributed by atoms with Crippen LogP contribution in [0.25, 0.3) is 0 Å². The van der Waals surface area contributed by atoms with E-state index in [4.69, 9.17) is 4.74 Å². The second-order valence-electron chi connectivity index (χ2n) is 5.53. The molecule has 0 saturated carbocycles. The number of alkyl halides is 1. The van der Waals surface area contributed by atoms with E-state index in [1.807, 2.05) is 13.8 Å². The second-order valence-corrected chi connectivity index (χ2v) is 6.64. The number of anilines is 1. The van der Waals surface area contributed by atoms with Crippen molar-refractivity contribution in [2.24, 2.45) is 0 Å². The SMILES string of the molecule is CCCCOC(=O)c1ccc(NC(=O)CCNC(=O)C(Br)CC)cc1. The molecule has 0 saturated heterocycles. The molecule has 2 amide bonds. The van der Waals surface area contributed by atoms with Crippen LogP contribution in [-0.2, 0) is 14.3 Å². The van der Waals surface area contributed by atoms with E-state index in [1.54, 1.807) is 24.3 Å². The van der Waals surface area contributed by atoms with Gasteiger partial charge in [-0.05, 0) is 37.1 Å². The summed E-state index contributed by atoms with van der Waals surface area (Å²) in [5.74, 6) is -0.697. The highest BCUT2D eigenvalue weighted by Gasteiger charge is 2.12. The molecule has 6 nitrogen and oxygen atoms in total. The van der Waals surface area contributed by atoms with Crippen LogP contribution < -0.4 is 10.6 Å². The lowest BCUT2D eigenvalue weighted by Crippen LogP contribution is -2.33. The average molecular weight is 413 g/mol. The summed E-state index contributed by atoms with van der Waals surface area (Å²) >= 11 is 3.25. The highest BCUT2D eigenvalue weighted by atomic mass is 79.9. The Morgan fingerprint density at radius 1 is 1.16 bits per heavy atom. The number of hydrogen-bond donors (Lipinski definition) is 2. The minimum Gasteiger partial charge on any atom is -0.462 e. The van der Waals surface area contributed by atoms with Crippen LogP contribution in [0.15, 0.2) is 24.3 Å². The summed E-state index contributed by atoms with van der Waals surface area (Å²) in [6, 6.07) is 6.53. The molecule has 0 spiro atoms. The van der Waals surface area contributed by atoms with Gasteiger partial charge in [-0.25, -0.2) is 4.79 Å². The van der Waals surface area contributed by atoms with Gasteiger partial charge in [-0.2, -0.15) is 0 Å². The van der Waals surface area contributed by atoms with Crippen molar-refractivity contribution in [2.45, 2.75) is 44.4 Å². The summed E-state index contributed by atoms with van der Waals surface area (Å²) in [5.41, 5.74) is 1.04. The van der Waals surface area contributed by atoms with Crippen molar-refractivity contribution < 1.29 is 19.1 Å². The number of nitrogens with one attached hydrogen (secondary N) is 2. The monoisotopic (exact) mass is 412 g/mol. The fourth-order valence-corrected chi connectivity index (χ4v) is 2.06. The molecule has 25 heavy (non-hydrogen) atoms. The zero-order valence-electron chi connectivity index (χ0n) is 14.6. The minimum atomic E-state index is -0.366. The van der Waals surface area contributed by atoms with E-state index in [-0.39, 0.29) is 35.6 Å². The van der Waals surface area contributed by atoms with Crippen molar-refractivity contribution in [1.82, 2.24) is 5.32 Å². The lowest BCUT2D eigenvalue weighted by Gasteiger charge is -2.09. The highest BCUT2D eigenvalue weighted by Crippen LogP contribution is 2.11. The smallest absolute Gasteiger partial charge is 0.338 e. The van der Waals surface area contributed by atoms with Gasteiger partial charge in [0.1, 0.15) is 0 Å². The average Bonchev–Trinajstić information content (AvgIpc) is 2.61. The van der Waals surface area contributed by atoms with E-state index in [0.29, 0.717) is 24.3 Å². The van der Waals surface area contributed by atoms with Crippen LogP contribution in [0.1, 0.15) is 49.9 Å². The Hall–Kier alpha value is -1.89. The Kier molecular flexibility index (Phi) is 9.84. The molecule has 138 valence electrons. The van der Waals surface area contributed by atoms with Gasteiger partial charge in [0.05, 0.1) is 17.0 Å². The van der Waals surface area contributed by atoms with E-state index >= 15 is 0 Å². The summed E-state index contributed by atoms with van der Waals surface area (Å²) in [6.07, 6.45) is 2.67. The number of amides is 2. The molecular formula is C18H25BrN2O4. The van der Waals surface area contributed by atoms with Crippen molar-refractivity contribution >= 4 is 39.4 Å². The molecule has 0 radical (unpaired) electrons. The molecule has 1 rings (SSSR count). The van der Waals surface area contributed by atoms with Crippen molar-refractivity contribution in [1.29, 1.82) is 0 Å². The Bertz CT molecular complexity index is 575. The summed E-state index contributed by atoms with van der Waals surface area (Å²) < 4.78 is 5.12. The topological polar surface area (TPSA) is 84.5 Å². The fraction of sp³-hybridized carbons (Fsp3) is 0.500. The van der Waals surface area contributed by atoms with Crippen LogP contribution in [0.4, 0.5) is 5.69 Å². The minimum absolute atomic E-state index is 0.124. The van der Waals surface area contributed by atoms with Crippen molar-refractivity contribution in [3.8, 4) is 0 Å². The van der Waals surface area contributed by atoms with Crippen molar-refractivity contribution in [3.05, 3.63) is 29.8 Å². The second kappa shape index (κ2) is 11.6. The summed E-state index contributed by atoms with van der Waals surface area (Å²) in [4.78, 5) is 35.0. The van der Waals surface area contributed by atoms with Gasteiger partial charge in [-0.3, -0.25) is 9.59 Å². The predicted octanol–water partition coefficient (Wildman–Crippen LogP) is 3.26. The third-order valence-electron chi connectivity index (χ3n) is 3.43. The van der Waals surface area contributed by atoms with Crippen LogP contribution in [0.3, 0.4) is 0 Å². The number of benzene rings is 1. The zero-order valence-corrected chi connectivity index (χ0v) is 16.2. The number of unbranched alkanes of at least 4 members (excludes halogenated alkanes) is 1. The van der Waals surface area contributed by atoms with Gasteiger partial charge < -0.3 is 15.4 Å². The lowest BCUT2D eigenvalue weighted by atomic mass is 10.2. The third kappa shape index (κ3) is 8.16. The Labute approximate surface area is 156 Å². The Morgan fingerprint density at radius 3 is 2.44 bits per heavy atom. The predicted molar refractivity (Wildman–Crippen MR) is 101 cm³/mol. The molecule has 0 aliphatic heterocycles. The molecule has 7 heteroatoms. The summed E-state index contributed by atoms with van der Waals surface area (Å²) in [6.45, 7) is 4.61. The van der Waals surface area contributed by atoms with Crippen LogP contribution in [0, 0.1) is 0 Å². The molecule has 0 aromatic heterocycles. The molecule has 2 N–H and O–H groups in total. The van der Waals surface area contributed by atoms with Gasteiger partial charge in [0.15, 0.2) is 0 Å². The number of halogens is 1. The van der Waals surface area contributed by atoms with Gasteiger partial charge in [0.25, 0.3) is 0 Å². The van der Waals surface area contributed by atoms with Crippen molar-refractivity contribution in [2.75, 3.05) is 18.5 Å². The van der Waals surface area contributed by atoms with E-state index in [0.717, 1.165) is 12.8 Å². The lowest BCUT2D eigenvalue weighted by molar-refractivity contribution is -0.120. The fourth-order valence-electron chi connectivity index (χ4n) is 1.90. The normalized spacial score (nSPS) is 11.5. The number of rotatable bonds is 10. The number of esters is 1. The molecule has 0 heterocycles. The molecule has 0 aliphatic carbocycles. The third-order valence-corrected chi connectivity index (χ3v) is 4.49. The first-order valence-electron chi connectivity index (χ1n) is 8.46. The standard InChI is InChI=1S/C18H25BrN2O4/c1-3-5-12-25-18(24)13-6-8-14(9-7-13)21-16(22)10-11-20-17(23)15(19)4-2/h6-9,15H,3-5,10-12H2,1-2H3,(H,20,23)(H,21,22).